The lowest BCUT2D eigenvalue weighted by atomic mass is 10.1. The molecule has 0 amide bonds. The topological polar surface area (TPSA) is 64.7 Å². The molecule has 0 bridgehead atoms. The average Bonchev–Trinajstić information content (AvgIpc) is 1.82. The minimum absolute atomic E-state index is 0.0585. The maximum absolute atomic E-state index is 13.3. The van der Waals surface area contributed by atoms with Crippen molar-refractivity contribution in [2.75, 3.05) is 5.73 Å². The van der Waals surface area contributed by atoms with E-state index in [0.717, 1.165) is 0 Å². The summed E-state index contributed by atoms with van der Waals surface area (Å²) in [4.78, 5) is 11.3. The molecule has 0 aromatic carbocycles. The maximum atomic E-state index is 13.3. The molecular formula is C7H11FN4. The Kier molecular flexibility index (Phi) is 1.95. The van der Waals surface area contributed by atoms with Gasteiger partial charge >= 0.3 is 0 Å². The van der Waals surface area contributed by atoms with Crippen LogP contribution in [-0.2, 0) is 5.67 Å². The van der Waals surface area contributed by atoms with Crippen molar-refractivity contribution in [2.24, 2.45) is 0 Å². The lowest BCUT2D eigenvalue weighted by Gasteiger charge is -2.12. The molecule has 0 aliphatic rings. The van der Waals surface area contributed by atoms with Crippen LogP contribution in [0.5, 0.6) is 0 Å². The minimum Gasteiger partial charge on any atom is -0.368 e. The van der Waals surface area contributed by atoms with Crippen LogP contribution >= 0.6 is 0 Å². The summed E-state index contributed by atoms with van der Waals surface area (Å²) in [6, 6.07) is 0. The van der Waals surface area contributed by atoms with E-state index in [2.05, 4.69) is 15.0 Å². The fraction of sp³-hybridized carbons (Fsp3) is 0.571. The SMILES string of the molecule is Cc1nc(N)nc(C(C)(C)F)n1. The second kappa shape index (κ2) is 2.66. The number of nitrogen functional groups attached to an aromatic ring is 1. The number of hydrogen-bond acceptors (Lipinski definition) is 4. The van der Waals surface area contributed by atoms with Crippen molar-refractivity contribution >= 4 is 5.95 Å². The van der Waals surface area contributed by atoms with Gasteiger partial charge in [-0.2, -0.15) is 9.97 Å². The average molecular weight is 170 g/mol. The molecular weight excluding hydrogens is 159 g/mol. The number of aromatic nitrogens is 3. The number of hydrogen-bond donors (Lipinski definition) is 1. The molecule has 0 saturated heterocycles. The smallest absolute Gasteiger partial charge is 0.223 e. The van der Waals surface area contributed by atoms with Crippen LogP contribution in [0.25, 0.3) is 0 Å². The lowest BCUT2D eigenvalue weighted by molar-refractivity contribution is 0.206. The van der Waals surface area contributed by atoms with E-state index < -0.39 is 5.67 Å². The number of halogens is 1. The summed E-state index contributed by atoms with van der Waals surface area (Å²) in [6.45, 7) is 4.40. The van der Waals surface area contributed by atoms with Gasteiger partial charge in [0.05, 0.1) is 0 Å². The van der Waals surface area contributed by atoms with Crippen molar-refractivity contribution in [3.8, 4) is 0 Å². The molecule has 0 atom stereocenters. The summed E-state index contributed by atoms with van der Waals surface area (Å²) < 4.78 is 13.3. The Morgan fingerprint density at radius 2 is 1.83 bits per heavy atom. The quantitative estimate of drug-likeness (QED) is 0.682. The Bertz CT molecular complexity index is 272. The molecule has 0 radical (unpaired) electrons. The number of aryl methyl sites for hydroxylation is 1. The first kappa shape index (κ1) is 8.83. The summed E-state index contributed by atoms with van der Waals surface area (Å²) in [5, 5.41) is 0. The Morgan fingerprint density at radius 3 is 2.25 bits per heavy atom. The number of nitrogens with zero attached hydrogens (tertiary/aromatic N) is 3. The molecule has 2 N–H and O–H groups in total. The van der Waals surface area contributed by atoms with Gasteiger partial charge in [0, 0.05) is 0 Å². The Balaban J connectivity index is 3.18. The molecule has 0 spiro atoms. The maximum Gasteiger partial charge on any atom is 0.223 e. The van der Waals surface area contributed by atoms with Gasteiger partial charge in [-0.15, -0.1) is 0 Å². The molecule has 12 heavy (non-hydrogen) atoms. The van der Waals surface area contributed by atoms with Crippen LogP contribution in [0.4, 0.5) is 10.3 Å². The van der Waals surface area contributed by atoms with Crippen LogP contribution in [0.2, 0.25) is 0 Å². The van der Waals surface area contributed by atoms with Gasteiger partial charge in [-0.25, -0.2) is 9.37 Å². The van der Waals surface area contributed by atoms with Crippen LogP contribution in [0, 0.1) is 6.92 Å². The largest absolute Gasteiger partial charge is 0.368 e. The summed E-state index contributed by atoms with van der Waals surface area (Å²) in [6.07, 6.45) is 0. The normalized spacial score (nSPS) is 11.7. The van der Waals surface area contributed by atoms with E-state index in [-0.39, 0.29) is 11.8 Å². The van der Waals surface area contributed by atoms with Gasteiger partial charge in [-0.3, -0.25) is 0 Å². The summed E-state index contributed by atoms with van der Waals surface area (Å²) in [7, 11) is 0. The highest BCUT2D eigenvalue weighted by Crippen LogP contribution is 2.20. The van der Waals surface area contributed by atoms with Gasteiger partial charge in [-0.05, 0) is 20.8 Å². The molecule has 66 valence electrons. The number of nitrogens with two attached hydrogens (primary N) is 1. The number of anilines is 1. The van der Waals surface area contributed by atoms with E-state index in [1.807, 2.05) is 0 Å². The summed E-state index contributed by atoms with van der Waals surface area (Å²) in [5.74, 6) is 0.568. The molecule has 0 saturated carbocycles. The van der Waals surface area contributed by atoms with Crippen LogP contribution in [-0.4, -0.2) is 15.0 Å². The molecule has 1 aromatic rings. The molecule has 0 aliphatic heterocycles. The third-order valence-corrected chi connectivity index (χ3v) is 1.30. The monoisotopic (exact) mass is 170 g/mol. The zero-order valence-electron chi connectivity index (χ0n) is 7.30. The highest BCUT2D eigenvalue weighted by atomic mass is 19.1. The fourth-order valence-electron chi connectivity index (χ4n) is 0.768. The van der Waals surface area contributed by atoms with Crippen molar-refractivity contribution in [1.82, 2.24) is 15.0 Å². The van der Waals surface area contributed by atoms with Crippen molar-refractivity contribution in [2.45, 2.75) is 26.4 Å². The van der Waals surface area contributed by atoms with E-state index in [9.17, 15) is 4.39 Å². The van der Waals surface area contributed by atoms with Crippen LogP contribution in [0.1, 0.15) is 25.5 Å². The number of rotatable bonds is 1. The Labute approximate surface area is 70.1 Å². The van der Waals surface area contributed by atoms with E-state index in [1.165, 1.54) is 13.8 Å². The van der Waals surface area contributed by atoms with E-state index in [4.69, 9.17) is 5.73 Å². The molecule has 0 unspecified atom stereocenters. The Morgan fingerprint density at radius 1 is 1.25 bits per heavy atom. The first-order valence-electron chi connectivity index (χ1n) is 3.57. The van der Waals surface area contributed by atoms with Gasteiger partial charge in [0.2, 0.25) is 5.95 Å². The zero-order chi connectivity index (χ0) is 9.35. The van der Waals surface area contributed by atoms with Crippen molar-refractivity contribution < 1.29 is 4.39 Å². The van der Waals surface area contributed by atoms with Gasteiger partial charge < -0.3 is 5.73 Å². The lowest BCUT2D eigenvalue weighted by Crippen LogP contribution is -2.17. The van der Waals surface area contributed by atoms with Gasteiger partial charge in [0.25, 0.3) is 0 Å². The first-order valence-corrected chi connectivity index (χ1v) is 3.57. The third-order valence-electron chi connectivity index (χ3n) is 1.30. The molecule has 1 rings (SSSR count). The third kappa shape index (κ3) is 1.87. The summed E-state index contributed by atoms with van der Waals surface area (Å²) in [5.41, 5.74) is 3.76. The molecule has 0 aliphatic carbocycles. The molecule has 5 heteroatoms. The zero-order valence-corrected chi connectivity index (χ0v) is 7.30. The van der Waals surface area contributed by atoms with E-state index in [1.54, 1.807) is 6.92 Å². The van der Waals surface area contributed by atoms with E-state index >= 15 is 0 Å². The second-order valence-corrected chi connectivity index (χ2v) is 3.04. The predicted octanol–water partition coefficient (Wildman–Crippen LogP) is 0.967. The van der Waals surface area contributed by atoms with Gasteiger partial charge in [-0.1, -0.05) is 0 Å². The molecule has 0 fully saturated rings. The van der Waals surface area contributed by atoms with Gasteiger partial charge in [0.1, 0.15) is 5.82 Å². The molecule has 1 aromatic heterocycles. The van der Waals surface area contributed by atoms with E-state index in [0.29, 0.717) is 5.82 Å². The van der Waals surface area contributed by atoms with Crippen molar-refractivity contribution in [3.05, 3.63) is 11.6 Å². The van der Waals surface area contributed by atoms with Crippen LogP contribution < -0.4 is 5.73 Å². The highest BCUT2D eigenvalue weighted by Gasteiger charge is 2.23. The van der Waals surface area contributed by atoms with Crippen molar-refractivity contribution in [1.29, 1.82) is 0 Å². The minimum atomic E-state index is -1.57. The Hall–Kier alpha value is -1.26. The highest BCUT2D eigenvalue weighted by molar-refractivity contribution is 5.17. The number of alkyl halides is 1. The standard InChI is InChI=1S/C7H11FN4/c1-4-10-5(7(2,3)8)12-6(9)11-4/h1-3H3,(H2,9,10,11,12). The van der Waals surface area contributed by atoms with Gasteiger partial charge in [0.15, 0.2) is 11.5 Å². The fourth-order valence-corrected chi connectivity index (χ4v) is 0.768. The first-order chi connectivity index (χ1) is 5.39. The molecule has 4 nitrogen and oxygen atoms in total. The second-order valence-electron chi connectivity index (χ2n) is 3.04. The van der Waals surface area contributed by atoms with Crippen LogP contribution in [0.3, 0.4) is 0 Å². The van der Waals surface area contributed by atoms with Crippen LogP contribution in [0.15, 0.2) is 0 Å². The molecule has 1 heterocycles. The predicted molar refractivity (Wildman–Crippen MR) is 43.1 cm³/mol. The van der Waals surface area contributed by atoms with Crippen molar-refractivity contribution in [3.63, 3.8) is 0 Å². The summed E-state index contributed by atoms with van der Waals surface area (Å²) >= 11 is 0.